The Bertz CT molecular complexity index is 1080. The number of nitrogens with zero attached hydrogens (tertiary/aromatic N) is 4. The van der Waals surface area contributed by atoms with Gasteiger partial charge in [0, 0.05) is 14.1 Å². The summed E-state index contributed by atoms with van der Waals surface area (Å²) in [5.74, 6) is 0.561. The standard InChI is InChI=1S/C20H28N6O3/c1-4-15(12-21-10-11-27)22-19-23-17-16(18(28)25(3)20(29)24(17)2)26(19)13-14-8-6-5-7-9-14/h5-9,15,21,27H,4,10-13H2,1-3H3,(H,22,23)/p+1/t15-/m1/s1. The van der Waals surface area contributed by atoms with Gasteiger partial charge in [-0.2, -0.15) is 4.98 Å². The first-order valence-electron chi connectivity index (χ1n) is 9.87. The van der Waals surface area contributed by atoms with Gasteiger partial charge in [-0.05, 0) is 12.0 Å². The fourth-order valence-corrected chi connectivity index (χ4v) is 3.40. The van der Waals surface area contributed by atoms with Crippen LogP contribution >= 0.6 is 0 Å². The van der Waals surface area contributed by atoms with Crippen molar-refractivity contribution in [3.05, 3.63) is 56.7 Å². The lowest BCUT2D eigenvalue weighted by Crippen LogP contribution is -2.87. The van der Waals surface area contributed by atoms with E-state index < -0.39 is 5.69 Å². The molecule has 3 rings (SSSR count). The molecule has 0 radical (unpaired) electrons. The lowest BCUT2D eigenvalue weighted by atomic mass is 10.2. The summed E-state index contributed by atoms with van der Waals surface area (Å²) in [6.07, 6.45) is 0.855. The Kier molecular flexibility index (Phi) is 6.50. The van der Waals surface area contributed by atoms with Crippen LogP contribution in [0.4, 0.5) is 5.95 Å². The molecule has 0 unspecified atom stereocenters. The zero-order valence-corrected chi connectivity index (χ0v) is 17.1. The molecule has 0 amide bonds. The van der Waals surface area contributed by atoms with E-state index in [9.17, 15) is 9.59 Å². The predicted octanol–water partition coefficient (Wildman–Crippen LogP) is -0.772. The predicted molar refractivity (Wildman–Crippen MR) is 112 cm³/mol. The first kappa shape index (κ1) is 20.8. The number of benzene rings is 1. The number of nitrogens with one attached hydrogen (secondary N) is 1. The maximum atomic E-state index is 12.9. The molecule has 0 saturated carbocycles. The van der Waals surface area contributed by atoms with E-state index in [0.29, 0.717) is 30.2 Å². The van der Waals surface area contributed by atoms with Gasteiger partial charge >= 0.3 is 5.69 Å². The molecule has 1 aromatic carbocycles. The Hall–Kier alpha value is -2.91. The summed E-state index contributed by atoms with van der Waals surface area (Å²) in [6.45, 7) is 4.06. The molecule has 4 N–H and O–H groups in total. The average molecular weight is 401 g/mol. The van der Waals surface area contributed by atoms with Gasteiger partial charge in [-0.25, -0.2) is 4.79 Å². The zero-order chi connectivity index (χ0) is 21.0. The minimum absolute atomic E-state index is 0.105. The van der Waals surface area contributed by atoms with E-state index in [-0.39, 0.29) is 18.2 Å². The van der Waals surface area contributed by atoms with Crippen molar-refractivity contribution in [2.24, 2.45) is 14.1 Å². The van der Waals surface area contributed by atoms with E-state index in [4.69, 9.17) is 5.11 Å². The second-order valence-corrected chi connectivity index (χ2v) is 7.17. The molecule has 156 valence electrons. The summed E-state index contributed by atoms with van der Waals surface area (Å²) in [5.41, 5.74) is 1.03. The third-order valence-corrected chi connectivity index (χ3v) is 5.14. The zero-order valence-electron chi connectivity index (χ0n) is 17.1. The Labute approximate surface area is 168 Å². The minimum atomic E-state index is -0.401. The summed E-state index contributed by atoms with van der Waals surface area (Å²) in [4.78, 5) is 29.9. The summed E-state index contributed by atoms with van der Waals surface area (Å²) < 4.78 is 4.37. The van der Waals surface area contributed by atoms with Gasteiger partial charge in [-0.3, -0.25) is 18.5 Å². The van der Waals surface area contributed by atoms with Gasteiger partial charge < -0.3 is 15.7 Å². The largest absolute Gasteiger partial charge is 0.391 e. The van der Waals surface area contributed by atoms with Crippen LogP contribution in [0.3, 0.4) is 0 Å². The molecule has 0 aliphatic rings. The van der Waals surface area contributed by atoms with Crippen molar-refractivity contribution < 1.29 is 10.4 Å². The van der Waals surface area contributed by atoms with Gasteiger partial charge in [-0.1, -0.05) is 37.3 Å². The molecule has 0 saturated heterocycles. The second kappa shape index (κ2) is 9.06. The number of imidazole rings is 1. The van der Waals surface area contributed by atoms with Crippen LogP contribution in [0.5, 0.6) is 0 Å². The smallest absolute Gasteiger partial charge is 0.332 e. The van der Waals surface area contributed by atoms with Crippen molar-refractivity contribution in [3.63, 3.8) is 0 Å². The van der Waals surface area contributed by atoms with Crippen LogP contribution in [0.15, 0.2) is 39.9 Å². The topological polar surface area (TPSA) is 111 Å². The molecule has 0 fully saturated rings. The first-order valence-corrected chi connectivity index (χ1v) is 9.87. The number of aliphatic hydroxyl groups is 1. The molecule has 1 atom stereocenters. The number of anilines is 1. The van der Waals surface area contributed by atoms with Crippen molar-refractivity contribution in [1.29, 1.82) is 0 Å². The normalized spacial score (nSPS) is 12.4. The molecule has 3 aromatic rings. The number of hydrogen-bond acceptors (Lipinski definition) is 5. The van der Waals surface area contributed by atoms with E-state index in [1.165, 1.54) is 11.6 Å². The van der Waals surface area contributed by atoms with Crippen molar-refractivity contribution >= 4 is 17.1 Å². The lowest BCUT2D eigenvalue weighted by Gasteiger charge is -2.17. The van der Waals surface area contributed by atoms with Gasteiger partial charge in [0.2, 0.25) is 5.95 Å². The highest BCUT2D eigenvalue weighted by Crippen LogP contribution is 2.19. The second-order valence-electron chi connectivity index (χ2n) is 7.17. The van der Waals surface area contributed by atoms with E-state index in [1.807, 2.05) is 40.2 Å². The Morgan fingerprint density at radius 3 is 2.55 bits per heavy atom. The molecule has 0 spiro atoms. The SMILES string of the molecule is CC[C@H](C[NH2+]CCO)Nc1nc2c(c(=O)n(C)c(=O)n2C)n1Cc1ccccc1. The number of rotatable bonds is 9. The number of aliphatic hydroxyl groups excluding tert-OH is 1. The third kappa shape index (κ3) is 4.25. The molecule has 0 bridgehead atoms. The van der Waals surface area contributed by atoms with Crippen molar-refractivity contribution in [3.8, 4) is 0 Å². The number of nitrogens with two attached hydrogens (primary N) is 1. The first-order chi connectivity index (χ1) is 14.0. The summed E-state index contributed by atoms with van der Waals surface area (Å²) in [5, 5.41) is 14.5. The minimum Gasteiger partial charge on any atom is -0.391 e. The van der Waals surface area contributed by atoms with Gasteiger partial charge in [0.1, 0.15) is 0 Å². The van der Waals surface area contributed by atoms with E-state index in [2.05, 4.69) is 17.2 Å². The molecular formula is C20H29N6O3+. The fourth-order valence-electron chi connectivity index (χ4n) is 3.40. The highest BCUT2D eigenvalue weighted by atomic mass is 16.3. The Morgan fingerprint density at radius 1 is 1.17 bits per heavy atom. The third-order valence-electron chi connectivity index (χ3n) is 5.14. The van der Waals surface area contributed by atoms with Crippen molar-refractivity contribution in [1.82, 2.24) is 18.7 Å². The van der Waals surface area contributed by atoms with Gasteiger partial charge in [-0.15, -0.1) is 0 Å². The summed E-state index contributed by atoms with van der Waals surface area (Å²) in [7, 11) is 3.11. The molecule has 2 aromatic heterocycles. The molecule has 9 nitrogen and oxygen atoms in total. The Balaban J connectivity index is 2.11. The number of quaternary nitrogens is 1. The van der Waals surface area contributed by atoms with Crippen molar-refractivity contribution in [2.75, 3.05) is 25.0 Å². The van der Waals surface area contributed by atoms with E-state index in [1.54, 1.807) is 7.05 Å². The average Bonchev–Trinajstić information content (AvgIpc) is 3.08. The fraction of sp³-hybridized carbons (Fsp3) is 0.450. The van der Waals surface area contributed by atoms with Crippen LogP contribution in [-0.2, 0) is 20.6 Å². The molecule has 2 heterocycles. The van der Waals surface area contributed by atoms with Crippen LogP contribution in [0.2, 0.25) is 0 Å². The number of fused-ring (bicyclic) bond motifs is 1. The molecular weight excluding hydrogens is 372 g/mol. The quantitative estimate of drug-likeness (QED) is 0.408. The van der Waals surface area contributed by atoms with Gasteiger partial charge in [0.05, 0.1) is 32.3 Å². The summed E-state index contributed by atoms with van der Waals surface area (Å²) >= 11 is 0. The number of aryl methyl sites for hydroxylation is 1. The van der Waals surface area contributed by atoms with E-state index >= 15 is 0 Å². The number of aromatic nitrogens is 4. The van der Waals surface area contributed by atoms with Gasteiger partial charge in [0.15, 0.2) is 11.2 Å². The number of hydrogen-bond donors (Lipinski definition) is 3. The van der Waals surface area contributed by atoms with Crippen LogP contribution in [0.1, 0.15) is 18.9 Å². The van der Waals surface area contributed by atoms with Crippen LogP contribution < -0.4 is 21.9 Å². The van der Waals surface area contributed by atoms with Gasteiger partial charge in [0.25, 0.3) is 5.56 Å². The molecule has 0 aliphatic heterocycles. The summed E-state index contributed by atoms with van der Waals surface area (Å²) in [6, 6.07) is 9.95. The molecule has 29 heavy (non-hydrogen) atoms. The maximum Gasteiger partial charge on any atom is 0.332 e. The van der Waals surface area contributed by atoms with E-state index in [0.717, 1.165) is 23.1 Å². The van der Waals surface area contributed by atoms with Crippen molar-refractivity contribution in [2.45, 2.75) is 25.9 Å². The highest BCUT2D eigenvalue weighted by Gasteiger charge is 2.21. The highest BCUT2D eigenvalue weighted by molar-refractivity contribution is 5.74. The van der Waals surface area contributed by atoms with Crippen LogP contribution in [0.25, 0.3) is 11.2 Å². The van der Waals surface area contributed by atoms with Crippen LogP contribution in [-0.4, -0.2) is 49.5 Å². The Morgan fingerprint density at radius 2 is 1.90 bits per heavy atom. The maximum absolute atomic E-state index is 12.9. The van der Waals surface area contributed by atoms with Crippen LogP contribution in [0, 0.1) is 0 Å². The molecule has 0 aliphatic carbocycles. The molecule has 9 heteroatoms. The lowest BCUT2D eigenvalue weighted by molar-refractivity contribution is -0.657. The monoisotopic (exact) mass is 401 g/mol.